The van der Waals surface area contributed by atoms with Gasteiger partial charge in [-0.3, -0.25) is 4.79 Å². The van der Waals surface area contributed by atoms with Crippen molar-refractivity contribution in [2.24, 2.45) is 0 Å². The summed E-state index contributed by atoms with van der Waals surface area (Å²) < 4.78 is 14.0. The molecule has 148 valence electrons. The van der Waals surface area contributed by atoms with E-state index in [4.69, 9.17) is 0 Å². The number of carbonyl (C=O) groups excluding carboxylic acids is 1. The Morgan fingerprint density at radius 1 is 1.04 bits per heavy atom. The molecule has 28 heavy (non-hydrogen) atoms. The van der Waals surface area contributed by atoms with E-state index in [0.717, 1.165) is 36.5 Å². The minimum atomic E-state index is -0.186. The van der Waals surface area contributed by atoms with Gasteiger partial charge in [0.25, 0.3) is 5.91 Å². The Morgan fingerprint density at radius 2 is 1.75 bits per heavy atom. The summed E-state index contributed by atoms with van der Waals surface area (Å²) in [5.74, 6) is -0.196. The van der Waals surface area contributed by atoms with Crippen LogP contribution >= 0.6 is 0 Å². The van der Waals surface area contributed by atoms with Gasteiger partial charge < -0.3 is 15.1 Å². The topological polar surface area (TPSA) is 36.8 Å². The first kappa shape index (κ1) is 18.9. The van der Waals surface area contributed by atoms with Crippen molar-refractivity contribution in [2.75, 3.05) is 29.9 Å². The number of hydrogen-bond donors (Lipinski definition) is 2. The Kier molecular flexibility index (Phi) is 5.91. The second-order valence-corrected chi connectivity index (χ2v) is 8.02. The van der Waals surface area contributed by atoms with E-state index in [0.29, 0.717) is 24.7 Å². The summed E-state index contributed by atoms with van der Waals surface area (Å²) in [6.07, 6.45) is 6.04. The molecule has 2 aliphatic rings. The number of carbonyl (C=O) groups is 1. The molecular weight excluding hydrogens is 353 g/mol. The molecule has 5 heteroatoms. The fraction of sp³-hybridized carbons (Fsp3) is 0.435. The molecule has 1 aliphatic carbocycles. The van der Waals surface area contributed by atoms with Crippen molar-refractivity contribution in [1.82, 2.24) is 0 Å². The molecule has 1 saturated heterocycles. The van der Waals surface area contributed by atoms with Crippen LogP contribution in [0.2, 0.25) is 0 Å². The molecule has 0 spiro atoms. The zero-order valence-corrected chi connectivity index (χ0v) is 16.3. The monoisotopic (exact) mass is 382 g/mol. The number of rotatable bonds is 7. The summed E-state index contributed by atoms with van der Waals surface area (Å²) in [5.41, 5.74) is 2.73. The number of quaternary nitrogens is 1. The number of nitrogens with zero attached hydrogens (tertiary/aromatic N) is 1. The van der Waals surface area contributed by atoms with Gasteiger partial charge in [0, 0.05) is 42.9 Å². The average Bonchev–Trinajstić information content (AvgIpc) is 3.56. The van der Waals surface area contributed by atoms with Crippen LogP contribution < -0.4 is 15.1 Å². The molecule has 4 rings (SSSR count). The lowest BCUT2D eigenvalue weighted by Gasteiger charge is -2.28. The zero-order valence-electron chi connectivity index (χ0n) is 16.3. The number of benzene rings is 2. The maximum atomic E-state index is 14.0. The van der Waals surface area contributed by atoms with Gasteiger partial charge in [-0.15, -0.1) is 0 Å². The van der Waals surface area contributed by atoms with Crippen LogP contribution in [0.15, 0.2) is 48.5 Å². The van der Waals surface area contributed by atoms with Gasteiger partial charge in [0.15, 0.2) is 6.54 Å². The molecule has 2 aromatic rings. The molecule has 1 amide bonds. The van der Waals surface area contributed by atoms with Crippen LogP contribution in [-0.4, -0.2) is 31.6 Å². The molecule has 2 fully saturated rings. The van der Waals surface area contributed by atoms with Crippen LogP contribution in [-0.2, 0) is 11.3 Å². The van der Waals surface area contributed by atoms with Crippen LogP contribution in [0.3, 0.4) is 0 Å². The van der Waals surface area contributed by atoms with Gasteiger partial charge in [-0.1, -0.05) is 18.2 Å². The SMILES string of the molecule is O=C(C[NH+](Cc1ccccc1F)C1CC1)Nc1ccc(N2CCCCC2)cc1. The summed E-state index contributed by atoms with van der Waals surface area (Å²) in [6.45, 7) is 3.15. The Morgan fingerprint density at radius 3 is 2.43 bits per heavy atom. The second kappa shape index (κ2) is 8.74. The molecule has 0 bridgehead atoms. The predicted octanol–water partition coefficient (Wildman–Crippen LogP) is 3.00. The third-order valence-electron chi connectivity index (χ3n) is 5.79. The first-order valence-corrected chi connectivity index (χ1v) is 10.4. The number of piperidine rings is 1. The Hall–Kier alpha value is -2.40. The fourth-order valence-corrected chi connectivity index (χ4v) is 4.05. The van der Waals surface area contributed by atoms with Gasteiger partial charge >= 0.3 is 0 Å². The number of nitrogens with one attached hydrogen (secondary N) is 2. The van der Waals surface area contributed by atoms with E-state index in [1.54, 1.807) is 6.07 Å². The van der Waals surface area contributed by atoms with Crippen molar-refractivity contribution in [2.45, 2.75) is 44.7 Å². The highest BCUT2D eigenvalue weighted by atomic mass is 19.1. The van der Waals surface area contributed by atoms with E-state index in [1.807, 2.05) is 24.3 Å². The molecule has 0 radical (unpaired) electrons. The number of hydrogen-bond acceptors (Lipinski definition) is 2. The molecule has 1 saturated carbocycles. The molecule has 4 nitrogen and oxygen atoms in total. The van der Waals surface area contributed by atoms with Crippen molar-refractivity contribution in [3.8, 4) is 0 Å². The molecule has 1 heterocycles. The van der Waals surface area contributed by atoms with Gasteiger partial charge in [-0.05, 0) is 49.6 Å². The number of amides is 1. The van der Waals surface area contributed by atoms with Gasteiger partial charge in [0.05, 0.1) is 6.04 Å². The molecule has 0 aromatic heterocycles. The summed E-state index contributed by atoms with van der Waals surface area (Å²) in [4.78, 5) is 16.1. The van der Waals surface area contributed by atoms with Crippen molar-refractivity contribution >= 4 is 17.3 Å². The summed E-state index contributed by atoms with van der Waals surface area (Å²) >= 11 is 0. The van der Waals surface area contributed by atoms with Crippen molar-refractivity contribution in [3.63, 3.8) is 0 Å². The molecule has 1 unspecified atom stereocenters. The number of anilines is 2. The number of halogens is 1. The average molecular weight is 383 g/mol. The van der Waals surface area contributed by atoms with Gasteiger partial charge in [0.1, 0.15) is 12.4 Å². The van der Waals surface area contributed by atoms with Crippen LogP contribution in [0.4, 0.5) is 15.8 Å². The zero-order chi connectivity index (χ0) is 19.3. The van der Waals surface area contributed by atoms with E-state index in [9.17, 15) is 9.18 Å². The standard InChI is InChI=1S/C23H28FN3O/c24-22-7-3-2-6-18(22)16-27(21-12-13-21)17-23(28)25-19-8-10-20(11-9-19)26-14-4-1-5-15-26/h2-3,6-11,21H,1,4-5,12-17H2,(H,25,28)/p+1. The van der Waals surface area contributed by atoms with E-state index >= 15 is 0 Å². The largest absolute Gasteiger partial charge is 0.372 e. The van der Waals surface area contributed by atoms with Gasteiger partial charge in [-0.25, -0.2) is 4.39 Å². The summed E-state index contributed by atoms with van der Waals surface area (Å²) in [6, 6.07) is 15.5. The minimum absolute atomic E-state index is 0.0102. The molecule has 1 atom stereocenters. The van der Waals surface area contributed by atoms with Crippen LogP contribution in [0.25, 0.3) is 0 Å². The molecule has 2 aromatic carbocycles. The lowest BCUT2D eigenvalue weighted by Crippen LogP contribution is -3.13. The summed E-state index contributed by atoms with van der Waals surface area (Å²) in [5, 5.41) is 3.01. The van der Waals surface area contributed by atoms with Crippen LogP contribution in [0.1, 0.15) is 37.7 Å². The van der Waals surface area contributed by atoms with Crippen LogP contribution in [0, 0.1) is 5.82 Å². The Labute approximate surface area is 166 Å². The minimum Gasteiger partial charge on any atom is -0.372 e. The lowest BCUT2D eigenvalue weighted by atomic mass is 10.1. The molecule has 2 N–H and O–H groups in total. The fourth-order valence-electron chi connectivity index (χ4n) is 4.05. The highest BCUT2D eigenvalue weighted by Gasteiger charge is 2.35. The highest BCUT2D eigenvalue weighted by molar-refractivity contribution is 5.91. The van der Waals surface area contributed by atoms with Gasteiger partial charge in [-0.2, -0.15) is 0 Å². The predicted molar refractivity (Wildman–Crippen MR) is 110 cm³/mol. The maximum absolute atomic E-state index is 14.0. The highest BCUT2D eigenvalue weighted by Crippen LogP contribution is 2.22. The third kappa shape index (κ3) is 4.90. The smallest absolute Gasteiger partial charge is 0.279 e. The van der Waals surface area contributed by atoms with E-state index in [1.165, 1.54) is 31.0 Å². The quantitative estimate of drug-likeness (QED) is 0.772. The first-order chi connectivity index (χ1) is 13.7. The lowest BCUT2D eigenvalue weighted by molar-refractivity contribution is -0.917. The van der Waals surface area contributed by atoms with E-state index in [2.05, 4.69) is 22.3 Å². The maximum Gasteiger partial charge on any atom is 0.279 e. The summed E-state index contributed by atoms with van der Waals surface area (Å²) in [7, 11) is 0. The second-order valence-electron chi connectivity index (χ2n) is 8.02. The van der Waals surface area contributed by atoms with Crippen molar-refractivity contribution in [3.05, 3.63) is 59.9 Å². The van der Waals surface area contributed by atoms with Crippen LogP contribution in [0.5, 0.6) is 0 Å². The van der Waals surface area contributed by atoms with Crippen molar-refractivity contribution < 1.29 is 14.1 Å². The normalized spacial score (nSPS) is 18.0. The van der Waals surface area contributed by atoms with E-state index < -0.39 is 0 Å². The first-order valence-electron chi connectivity index (χ1n) is 10.4. The Balaban J connectivity index is 1.34. The Bertz CT molecular complexity index is 798. The molecule has 1 aliphatic heterocycles. The van der Waals surface area contributed by atoms with E-state index in [-0.39, 0.29) is 11.7 Å². The third-order valence-corrected chi connectivity index (χ3v) is 5.79. The van der Waals surface area contributed by atoms with Gasteiger partial charge in [0.2, 0.25) is 0 Å². The van der Waals surface area contributed by atoms with Crippen molar-refractivity contribution in [1.29, 1.82) is 0 Å². The molecular formula is C23H29FN3O+.